The second kappa shape index (κ2) is 13.6. The molecule has 0 spiro atoms. The summed E-state index contributed by atoms with van der Waals surface area (Å²) < 4.78 is 5.26. The molecule has 2 aliphatic rings. The Hall–Kier alpha value is -2.45. The van der Waals surface area contributed by atoms with Crippen LogP contribution in [0, 0.1) is 5.92 Å². The van der Waals surface area contributed by atoms with Crippen LogP contribution in [0.3, 0.4) is 0 Å². The van der Waals surface area contributed by atoms with Gasteiger partial charge in [-0.3, -0.25) is 14.9 Å². The summed E-state index contributed by atoms with van der Waals surface area (Å²) in [4.78, 5) is 39.3. The first-order valence-corrected chi connectivity index (χ1v) is 13.1. The zero-order valence-electron chi connectivity index (χ0n) is 21.1. The van der Waals surface area contributed by atoms with Gasteiger partial charge in [-0.05, 0) is 63.2 Å². The molecule has 3 atom stereocenters. The van der Waals surface area contributed by atoms with E-state index >= 15 is 0 Å². The average molecular weight is 488 g/mol. The molecule has 2 unspecified atom stereocenters. The molecule has 0 aliphatic carbocycles. The Morgan fingerprint density at radius 3 is 2.54 bits per heavy atom. The van der Waals surface area contributed by atoms with Crippen LogP contribution in [0.2, 0.25) is 0 Å². The van der Waals surface area contributed by atoms with Crippen LogP contribution in [-0.4, -0.2) is 65.7 Å². The number of rotatable bonds is 12. The van der Waals surface area contributed by atoms with Gasteiger partial charge in [0.05, 0.1) is 12.6 Å². The number of carboxylic acid groups (broad SMARTS) is 1. The van der Waals surface area contributed by atoms with Crippen molar-refractivity contribution in [3.05, 3.63) is 35.4 Å². The number of piperidine rings is 1. The van der Waals surface area contributed by atoms with Gasteiger partial charge in [-0.1, -0.05) is 49.9 Å². The maximum absolute atomic E-state index is 13.3. The van der Waals surface area contributed by atoms with E-state index in [1.54, 1.807) is 13.8 Å². The molecule has 1 fully saturated rings. The molecule has 3 rings (SSSR count). The molecule has 0 aromatic heterocycles. The van der Waals surface area contributed by atoms with E-state index in [2.05, 4.69) is 10.6 Å². The van der Waals surface area contributed by atoms with Crippen LogP contribution in [0.1, 0.15) is 69.9 Å². The minimum atomic E-state index is -1.02. The third kappa shape index (κ3) is 7.77. The second-order valence-corrected chi connectivity index (χ2v) is 9.82. The molecule has 3 N–H and O–H groups in total. The van der Waals surface area contributed by atoms with Gasteiger partial charge in [0.25, 0.3) is 0 Å². The first-order chi connectivity index (χ1) is 16.9. The van der Waals surface area contributed by atoms with Crippen LogP contribution in [0.25, 0.3) is 0 Å². The molecule has 194 valence electrons. The van der Waals surface area contributed by atoms with Gasteiger partial charge in [0.15, 0.2) is 0 Å². The van der Waals surface area contributed by atoms with Gasteiger partial charge in [0.1, 0.15) is 12.1 Å². The summed E-state index contributed by atoms with van der Waals surface area (Å²) in [7, 11) is 0. The molecule has 1 amide bonds. The van der Waals surface area contributed by atoms with E-state index < -0.39 is 24.1 Å². The minimum absolute atomic E-state index is 0.249. The molecule has 8 nitrogen and oxygen atoms in total. The Balaban J connectivity index is 1.56. The minimum Gasteiger partial charge on any atom is -0.480 e. The number of carboxylic acids is 1. The van der Waals surface area contributed by atoms with Crippen molar-refractivity contribution in [3.63, 3.8) is 0 Å². The second-order valence-electron chi connectivity index (χ2n) is 9.82. The molecule has 2 heterocycles. The summed E-state index contributed by atoms with van der Waals surface area (Å²) in [5.74, 6) is -0.892. The summed E-state index contributed by atoms with van der Waals surface area (Å²) in [5, 5.41) is 16.3. The Kier molecular flexibility index (Phi) is 10.5. The topological polar surface area (TPSA) is 108 Å². The number of esters is 1. The summed E-state index contributed by atoms with van der Waals surface area (Å²) in [6.07, 6.45) is 7.63. The number of hydrogen-bond acceptors (Lipinski definition) is 6. The fourth-order valence-electron chi connectivity index (χ4n) is 5.24. The van der Waals surface area contributed by atoms with Crippen molar-refractivity contribution in [1.82, 2.24) is 15.5 Å². The predicted molar refractivity (Wildman–Crippen MR) is 134 cm³/mol. The molecule has 0 saturated carbocycles. The summed E-state index contributed by atoms with van der Waals surface area (Å²) >= 11 is 0. The van der Waals surface area contributed by atoms with Crippen molar-refractivity contribution in [3.8, 4) is 0 Å². The number of fused-ring (bicyclic) bond motifs is 1. The molecular weight excluding hydrogens is 446 g/mol. The highest BCUT2D eigenvalue weighted by atomic mass is 16.5. The maximum Gasteiger partial charge on any atom is 0.326 e. The molecule has 1 aromatic carbocycles. The lowest BCUT2D eigenvalue weighted by Gasteiger charge is -2.36. The van der Waals surface area contributed by atoms with Crippen molar-refractivity contribution >= 4 is 17.8 Å². The monoisotopic (exact) mass is 487 g/mol. The van der Waals surface area contributed by atoms with Crippen molar-refractivity contribution in [2.45, 2.75) is 89.9 Å². The number of aliphatic carboxylic acids is 1. The highest BCUT2D eigenvalue weighted by Gasteiger charge is 2.37. The number of hydrogen-bond donors (Lipinski definition) is 3. The van der Waals surface area contributed by atoms with Crippen molar-refractivity contribution in [2.24, 2.45) is 5.92 Å². The van der Waals surface area contributed by atoms with Gasteiger partial charge in [-0.25, -0.2) is 4.79 Å². The Labute approximate surface area is 208 Å². The van der Waals surface area contributed by atoms with Gasteiger partial charge in [-0.15, -0.1) is 0 Å². The zero-order chi connectivity index (χ0) is 25.2. The quantitative estimate of drug-likeness (QED) is 0.307. The summed E-state index contributed by atoms with van der Waals surface area (Å²) in [6.45, 7) is 6.21. The lowest BCUT2D eigenvalue weighted by Crippen LogP contribution is -2.56. The summed E-state index contributed by atoms with van der Waals surface area (Å²) in [5.41, 5.74) is 1.92. The smallest absolute Gasteiger partial charge is 0.326 e. The van der Waals surface area contributed by atoms with Crippen molar-refractivity contribution < 1.29 is 24.2 Å². The Morgan fingerprint density at radius 2 is 1.86 bits per heavy atom. The lowest BCUT2D eigenvalue weighted by atomic mass is 9.92. The van der Waals surface area contributed by atoms with Gasteiger partial charge in [0.2, 0.25) is 5.91 Å². The standard InChI is InChI=1S/C27H41N3O5/c1-3-35-27(34)23(12-6-4-5-9-20-13-15-28-16-14-20)29-19(2)25(31)30-18-22-11-8-7-10-21(22)17-24(30)26(32)33/h7-8,10-11,19-20,23-24,28-29H,3-6,9,12-18H2,1-2H3,(H,32,33)/t19-,23?,24?/m0/s1. The molecule has 1 aromatic rings. The van der Waals surface area contributed by atoms with Crippen LogP contribution in [0.5, 0.6) is 0 Å². The molecule has 2 aliphatic heterocycles. The van der Waals surface area contributed by atoms with E-state index in [9.17, 15) is 19.5 Å². The van der Waals surface area contributed by atoms with E-state index in [1.807, 2.05) is 24.3 Å². The molecule has 0 bridgehead atoms. The van der Waals surface area contributed by atoms with E-state index in [-0.39, 0.29) is 31.4 Å². The molecule has 35 heavy (non-hydrogen) atoms. The third-order valence-electron chi connectivity index (χ3n) is 7.27. The van der Waals surface area contributed by atoms with Crippen LogP contribution in [0.4, 0.5) is 0 Å². The molecular formula is C27H41N3O5. The van der Waals surface area contributed by atoms with Gasteiger partial charge in [-0.2, -0.15) is 0 Å². The van der Waals surface area contributed by atoms with E-state index in [0.29, 0.717) is 6.42 Å². The number of nitrogens with zero attached hydrogens (tertiary/aromatic N) is 1. The highest BCUT2D eigenvalue weighted by molar-refractivity contribution is 5.88. The Bertz CT molecular complexity index is 855. The zero-order valence-corrected chi connectivity index (χ0v) is 21.1. The first kappa shape index (κ1) is 27.1. The molecule has 8 heteroatoms. The van der Waals surface area contributed by atoms with E-state index in [4.69, 9.17) is 4.74 Å². The normalized spacial score (nSPS) is 20.1. The first-order valence-electron chi connectivity index (χ1n) is 13.1. The van der Waals surface area contributed by atoms with E-state index in [1.165, 1.54) is 24.2 Å². The van der Waals surface area contributed by atoms with Crippen LogP contribution in [0.15, 0.2) is 24.3 Å². The number of ether oxygens (including phenoxy) is 1. The SMILES string of the molecule is CCOC(=O)C(CCCCCC1CCNCC1)N[C@@H](C)C(=O)N1Cc2ccccc2CC1C(=O)O. The fourth-order valence-corrected chi connectivity index (χ4v) is 5.24. The number of amides is 1. The summed E-state index contributed by atoms with van der Waals surface area (Å²) in [6, 6.07) is 5.41. The predicted octanol–water partition coefficient (Wildman–Crippen LogP) is 2.88. The number of benzene rings is 1. The third-order valence-corrected chi connectivity index (χ3v) is 7.27. The largest absolute Gasteiger partial charge is 0.480 e. The van der Waals surface area contributed by atoms with Crippen LogP contribution >= 0.6 is 0 Å². The average Bonchev–Trinajstić information content (AvgIpc) is 2.87. The maximum atomic E-state index is 13.3. The molecule has 1 saturated heterocycles. The number of carbonyl (C=O) groups is 3. The lowest BCUT2D eigenvalue weighted by molar-refractivity contribution is -0.153. The fraction of sp³-hybridized carbons (Fsp3) is 0.667. The number of nitrogens with one attached hydrogen (secondary N) is 2. The van der Waals surface area contributed by atoms with Crippen LogP contribution in [-0.2, 0) is 32.1 Å². The number of unbranched alkanes of at least 4 members (excludes halogenated alkanes) is 2. The van der Waals surface area contributed by atoms with Gasteiger partial charge >= 0.3 is 11.9 Å². The van der Waals surface area contributed by atoms with Crippen molar-refractivity contribution in [2.75, 3.05) is 19.7 Å². The van der Waals surface area contributed by atoms with Crippen LogP contribution < -0.4 is 10.6 Å². The van der Waals surface area contributed by atoms with E-state index in [0.717, 1.165) is 49.4 Å². The Morgan fingerprint density at radius 1 is 1.14 bits per heavy atom. The molecule has 0 radical (unpaired) electrons. The van der Waals surface area contributed by atoms with Crippen molar-refractivity contribution in [1.29, 1.82) is 0 Å². The number of carbonyl (C=O) groups excluding carboxylic acids is 2. The van der Waals surface area contributed by atoms with Gasteiger partial charge in [0, 0.05) is 13.0 Å². The highest BCUT2D eigenvalue weighted by Crippen LogP contribution is 2.25. The van der Waals surface area contributed by atoms with Gasteiger partial charge < -0.3 is 20.1 Å².